The first-order valence-electron chi connectivity index (χ1n) is 7.73. The summed E-state index contributed by atoms with van der Waals surface area (Å²) in [7, 11) is 1.66. The highest BCUT2D eigenvalue weighted by Crippen LogP contribution is 2.34. The van der Waals surface area contributed by atoms with Gasteiger partial charge in [-0.2, -0.15) is 13.2 Å². The molecule has 0 saturated heterocycles. The van der Waals surface area contributed by atoms with Crippen LogP contribution in [-0.2, 0) is 13.2 Å². The molecular formula is C16H14F3N5O2S. The van der Waals surface area contributed by atoms with Crippen molar-refractivity contribution in [2.45, 2.75) is 18.0 Å². The molecule has 0 spiro atoms. The maximum atomic E-state index is 12.9. The van der Waals surface area contributed by atoms with Gasteiger partial charge in [0.1, 0.15) is 11.4 Å². The molecule has 3 heterocycles. The fourth-order valence-electron chi connectivity index (χ4n) is 2.53. The topological polar surface area (TPSA) is 92.9 Å². The van der Waals surface area contributed by atoms with Crippen LogP contribution < -0.4 is 5.32 Å². The van der Waals surface area contributed by atoms with Crippen LogP contribution in [0.2, 0.25) is 0 Å². The van der Waals surface area contributed by atoms with E-state index < -0.39 is 18.0 Å². The quantitative estimate of drug-likeness (QED) is 0.640. The van der Waals surface area contributed by atoms with Gasteiger partial charge in [0.25, 0.3) is 0 Å². The smallest absolute Gasteiger partial charge is 0.433 e. The van der Waals surface area contributed by atoms with Gasteiger partial charge in [0.15, 0.2) is 5.82 Å². The number of nitrogens with one attached hydrogen (secondary N) is 1. The van der Waals surface area contributed by atoms with Crippen molar-refractivity contribution in [2.24, 2.45) is 7.05 Å². The number of aromatic nitrogens is 4. The Morgan fingerprint density at radius 1 is 1.30 bits per heavy atom. The SMILES string of the molecule is CCSc1cc(NC(=O)O)cnc1-c1nc2cc(C(F)(F)F)ncc2n1C. The van der Waals surface area contributed by atoms with Crippen molar-refractivity contribution in [1.29, 1.82) is 0 Å². The van der Waals surface area contributed by atoms with Crippen LogP contribution >= 0.6 is 11.8 Å². The molecule has 3 aromatic heterocycles. The predicted octanol–water partition coefficient (Wildman–Crippen LogP) is 4.25. The van der Waals surface area contributed by atoms with E-state index in [1.54, 1.807) is 17.7 Å². The van der Waals surface area contributed by atoms with E-state index in [1.807, 2.05) is 6.92 Å². The number of carbonyl (C=O) groups is 1. The maximum absolute atomic E-state index is 12.9. The van der Waals surface area contributed by atoms with Gasteiger partial charge in [0, 0.05) is 11.9 Å². The number of thioether (sulfide) groups is 1. The van der Waals surface area contributed by atoms with Gasteiger partial charge in [-0.3, -0.25) is 5.32 Å². The first-order valence-corrected chi connectivity index (χ1v) is 8.72. The van der Waals surface area contributed by atoms with Crippen LogP contribution in [0.3, 0.4) is 0 Å². The van der Waals surface area contributed by atoms with Crippen LogP contribution in [0.4, 0.5) is 23.7 Å². The van der Waals surface area contributed by atoms with Gasteiger partial charge in [-0.05, 0) is 17.9 Å². The fourth-order valence-corrected chi connectivity index (χ4v) is 3.33. The van der Waals surface area contributed by atoms with Gasteiger partial charge in [0.2, 0.25) is 0 Å². The number of amides is 1. The minimum absolute atomic E-state index is 0.150. The molecule has 142 valence electrons. The Morgan fingerprint density at radius 2 is 2.04 bits per heavy atom. The van der Waals surface area contributed by atoms with Gasteiger partial charge in [-0.1, -0.05) is 6.92 Å². The number of imidazole rings is 1. The standard InChI is InChI=1S/C16H14F3N5O2S/c1-3-27-11-4-8(22-15(25)26)6-21-13(11)14-23-9-5-12(16(17,18)19)20-7-10(9)24(14)2/h4-7,22H,3H2,1-2H3,(H,25,26). The number of rotatable bonds is 4. The average molecular weight is 397 g/mol. The largest absolute Gasteiger partial charge is 0.465 e. The normalized spacial score (nSPS) is 11.7. The number of fused-ring (bicyclic) bond motifs is 1. The van der Waals surface area contributed by atoms with Crippen LogP contribution in [-0.4, -0.2) is 36.5 Å². The lowest BCUT2D eigenvalue weighted by atomic mass is 10.3. The van der Waals surface area contributed by atoms with Crippen LogP contribution in [0.5, 0.6) is 0 Å². The Hall–Kier alpha value is -2.82. The predicted molar refractivity (Wildman–Crippen MR) is 94.8 cm³/mol. The lowest BCUT2D eigenvalue weighted by molar-refractivity contribution is -0.141. The second kappa shape index (κ2) is 7.06. The Balaban J connectivity index is 2.13. The van der Waals surface area contributed by atoms with Crippen molar-refractivity contribution in [3.8, 4) is 11.5 Å². The van der Waals surface area contributed by atoms with Crippen molar-refractivity contribution in [3.63, 3.8) is 0 Å². The molecular weight excluding hydrogens is 383 g/mol. The number of hydrogen-bond donors (Lipinski definition) is 2. The van der Waals surface area contributed by atoms with Gasteiger partial charge in [0.05, 0.1) is 29.1 Å². The highest BCUT2D eigenvalue weighted by Gasteiger charge is 2.33. The average Bonchev–Trinajstić information content (AvgIpc) is 2.90. The molecule has 2 N–H and O–H groups in total. The van der Waals surface area contributed by atoms with E-state index in [0.29, 0.717) is 33.4 Å². The molecule has 1 amide bonds. The van der Waals surface area contributed by atoms with E-state index in [9.17, 15) is 18.0 Å². The summed E-state index contributed by atoms with van der Waals surface area (Å²) in [5, 5.41) is 11.1. The van der Waals surface area contributed by atoms with Crippen molar-refractivity contribution in [3.05, 3.63) is 30.2 Å². The number of pyridine rings is 2. The number of nitrogens with zero attached hydrogens (tertiary/aromatic N) is 4. The third-order valence-electron chi connectivity index (χ3n) is 3.67. The second-order valence-corrected chi connectivity index (χ2v) is 6.79. The molecule has 0 aliphatic carbocycles. The number of anilines is 1. The van der Waals surface area contributed by atoms with Crippen molar-refractivity contribution < 1.29 is 23.1 Å². The summed E-state index contributed by atoms with van der Waals surface area (Å²) in [5.41, 5.74) is 0.306. The Kier molecular flexibility index (Phi) is 4.96. The van der Waals surface area contributed by atoms with Crippen LogP contribution in [0.15, 0.2) is 29.4 Å². The zero-order valence-corrected chi connectivity index (χ0v) is 15.0. The van der Waals surface area contributed by atoms with E-state index in [-0.39, 0.29) is 5.52 Å². The summed E-state index contributed by atoms with van der Waals surface area (Å²) in [5.74, 6) is 1.05. The molecule has 0 aliphatic heterocycles. The Morgan fingerprint density at radius 3 is 2.67 bits per heavy atom. The zero-order chi connectivity index (χ0) is 19.8. The van der Waals surface area contributed by atoms with E-state index in [1.165, 1.54) is 18.0 Å². The van der Waals surface area contributed by atoms with Gasteiger partial charge >= 0.3 is 12.3 Å². The first-order chi connectivity index (χ1) is 12.7. The van der Waals surface area contributed by atoms with Crippen molar-refractivity contribution in [2.75, 3.05) is 11.1 Å². The molecule has 3 aromatic rings. The minimum atomic E-state index is -4.56. The molecule has 0 saturated carbocycles. The third-order valence-corrected chi connectivity index (χ3v) is 4.58. The maximum Gasteiger partial charge on any atom is 0.433 e. The van der Waals surface area contributed by atoms with E-state index >= 15 is 0 Å². The van der Waals surface area contributed by atoms with Gasteiger partial charge in [-0.15, -0.1) is 11.8 Å². The Bertz CT molecular complexity index is 1020. The lowest BCUT2D eigenvalue weighted by Crippen LogP contribution is -2.08. The van der Waals surface area contributed by atoms with Crippen molar-refractivity contribution >= 4 is 34.6 Å². The highest BCUT2D eigenvalue weighted by atomic mass is 32.2. The Labute approximate surface area is 155 Å². The summed E-state index contributed by atoms with van der Waals surface area (Å²) in [4.78, 5) is 23.5. The van der Waals surface area contributed by atoms with E-state index in [2.05, 4.69) is 20.3 Å². The van der Waals surface area contributed by atoms with Crippen molar-refractivity contribution in [1.82, 2.24) is 19.5 Å². The number of hydrogen-bond acceptors (Lipinski definition) is 5. The highest BCUT2D eigenvalue weighted by molar-refractivity contribution is 7.99. The van der Waals surface area contributed by atoms with E-state index in [4.69, 9.17) is 5.11 Å². The number of aryl methyl sites for hydroxylation is 1. The molecule has 0 aliphatic rings. The minimum Gasteiger partial charge on any atom is -0.465 e. The monoisotopic (exact) mass is 397 g/mol. The first kappa shape index (κ1) is 19.0. The number of alkyl halides is 3. The molecule has 27 heavy (non-hydrogen) atoms. The molecule has 7 nitrogen and oxygen atoms in total. The molecule has 3 rings (SSSR count). The molecule has 0 fully saturated rings. The number of carboxylic acid groups (broad SMARTS) is 1. The van der Waals surface area contributed by atoms with Crippen LogP contribution in [0.1, 0.15) is 12.6 Å². The summed E-state index contributed by atoms with van der Waals surface area (Å²) in [6.07, 6.45) is -3.31. The number of halogens is 3. The summed E-state index contributed by atoms with van der Waals surface area (Å²) in [6, 6.07) is 2.51. The van der Waals surface area contributed by atoms with Gasteiger partial charge < -0.3 is 9.67 Å². The van der Waals surface area contributed by atoms with Crippen LogP contribution in [0.25, 0.3) is 22.6 Å². The molecule has 0 radical (unpaired) electrons. The summed E-state index contributed by atoms with van der Waals surface area (Å²) >= 11 is 1.42. The molecule has 0 atom stereocenters. The van der Waals surface area contributed by atoms with E-state index in [0.717, 1.165) is 12.3 Å². The molecule has 11 heteroatoms. The second-order valence-electron chi connectivity index (χ2n) is 5.48. The lowest BCUT2D eigenvalue weighted by Gasteiger charge is -2.10. The molecule has 0 bridgehead atoms. The zero-order valence-electron chi connectivity index (χ0n) is 14.2. The van der Waals surface area contributed by atoms with Gasteiger partial charge in [-0.25, -0.2) is 19.7 Å². The summed E-state index contributed by atoms with van der Waals surface area (Å²) in [6.45, 7) is 1.92. The fraction of sp³-hybridized carbons (Fsp3) is 0.250. The molecule has 0 aromatic carbocycles. The summed E-state index contributed by atoms with van der Waals surface area (Å²) < 4.78 is 40.3. The van der Waals surface area contributed by atoms with Crippen LogP contribution in [0, 0.1) is 0 Å². The third kappa shape index (κ3) is 3.82. The molecule has 0 unspecified atom stereocenters.